The summed E-state index contributed by atoms with van der Waals surface area (Å²) in [6.07, 6.45) is 1.63. The van der Waals surface area contributed by atoms with E-state index in [1.165, 1.54) is 0 Å². The van der Waals surface area contributed by atoms with Gasteiger partial charge in [-0.25, -0.2) is 4.68 Å². The highest BCUT2D eigenvalue weighted by atomic mass is 79.9. The SMILES string of the molecule is Cc1c(C(=O)NCC2CNC2)cnn1-c1cccc(Br)c1.Cl. The molecular weight excluding hydrogens is 368 g/mol. The van der Waals surface area contributed by atoms with Gasteiger partial charge in [-0.15, -0.1) is 12.4 Å². The summed E-state index contributed by atoms with van der Waals surface area (Å²) in [5.41, 5.74) is 2.41. The quantitative estimate of drug-likeness (QED) is 0.849. The van der Waals surface area contributed by atoms with Gasteiger partial charge in [-0.1, -0.05) is 22.0 Å². The smallest absolute Gasteiger partial charge is 0.254 e. The van der Waals surface area contributed by atoms with Crippen molar-refractivity contribution in [1.82, 2.24) is 20.4 Å². The maximum atomic E-state index is 12.2. The number of carbonyl (C=O) groups excluding carboxylic acids is 1. The Labute approximate surface area is 144 Å². The molecule has 1 aromatic heterocycles. The molecule has 1 amide bonds. The second-order valence-corrected chi connectivity index (χ2v) is 6.19. The third-order valence-corrected chi connectivity index (χ3v) is 4.22. The summed E-state index contributed by atoms with van der Waals surface area (Å²) < 4.78 is 2.77. The van der Waals surface area contributed by atoms with Crippen LogP contribution in [0, 0.1) is 12.8 Å². The van der Waals surface area contributed by atoms with Gasteiger partial charge < -0.3 is 10.6 Å². The molecule has 1 fully saturated rings. The summed E-state index contributed by atoms with van der Waals surface area (Å²) in [6, 6.07) is 7.85. The van der Waals surface area contributed by atoms with E-state index in [1.54, 1.807) is 10.9 Å². The molecule has 118 valence electrons. The van der Waals surface area contributed by atoms with Crippen LogP contribution in [0.5, 0.6) is 0 Å². The number of hydrogen-bond acceptors (Lipinski definition) is 3. The van der Waals surface area contributed by atoms with Crippen LogP contribution in [0.4, 0.5) is 0 Å². The Hall–Kier alpha value is -1.37. The fourth-order valence-corrected chi connectivity index (χ4v) is 2.71. The van der Waals surface area contributed by atoms with E-state index >= 15 is 0 Å². The summed E-state index contributed by atoms with van der Waals surface area (Å²) in [6.45, 7) is 4.59. The maximum Gasteiger partial charge on any atom is 0.254 e. The average molecular weight is 386 g/mol. The van der Waals surface area contributed by atoms with Crippen molar-refractivity contribution in [1.29, 1.82) is 0 Å². The number of rotatable bonds is 4. The van der Waals surface area contributed by atoms with Crippen molar-refractivity contribution < 1.29 is 4.79 Å². The molecule has 1 aliphatic rings. The molecule has 2 heterocycles. The number of halogens is 2. The van der Waals surface area contributed by atoms with Gasteiger partial charge in [0.15, 0.2) is 0 Å². The van der Waals surface area contributed by atoms with E-state index in [1.807, 2.05) is 31.2 Å². The highest BCUT2D eigenvalue weighted by Crippen LogP contribution is 2.18. The van der Waals surface area contributed by atoms with E-state index in [-0.39, 0.29) is 18.3 Å². The van der Waals surface area contributed by atoms with Crippen LogP contribution in [-0.4, -0.2) is 35.3 Å². The Kier molecular flexibility index (Phi) is 5.61. The molecule has 0 aliphatic carbocycles. The lowest BCUT2D eigenvalue weighted by atomic mass is 10.0. The van der Waals surface area contributed by atoms with E-state index in [2.05, 4.69) is 31.7 Å². The summed E-state index contributed by atoms with van der Waals surface area (Å²) >= 11 is 3.45. The van der Waals surface area contributed by atoms with E-state index in [0.717, 1.165) is 28.9 Å². The monoisotopic (exact) mass is 384 g/mol. The van der Waals surface area contributed by atoms with Crippen molar-refractivity contribution >= 4 is 34.2 Å². The van der Waals surface area contributed by atoms with Gasteiger partial charge in [0.2, 0.25) is 0 Å². The minimum absolute atomic E-state index is 0. The second kappa shape index (κ2) is 7.26. The van der Waals surface area contributed by atoms with Crippen LogP contribution in [0.3, 0.4) is 0 Å². The molecule has 0 bridgehead atoms. The zero-order chi connectivity index (χ0) is 14.8. The first-order valence-corrected chi connectivity index (χ1v) is 7.74. The lowest BCUT2D eigenvalue weighted by molar-refractivity contribution is 0.0941. The molecule has 0 radical (unpaired) electrons. The normalized spacial score (nSPS) is 14.1. The molecule has 1 aliphatic heterocycles. The van der Waals surface area contributed by atoms with Crippen molar-refractivity contribution in [3.63, 3.8) is 0 Å². The van der Waals surface area contributed by atoms with Crippen molar-refractivity contribution in [2.75, 3.05) is 19.6 Å². The first-order valence-electron chi connectivity index (χ1n) is 6.94. The number of carbonyl (C=O) groups is 1. The van der Waals surface area contributed by atoms with Crippen molar-refractivity contribution in [2.45, 2.75) is 6.92 Å². The van der Waals surface area contributed by atoms with Crippen molar-refractivity contribution in [3.05, 3.63) is 46.2 Å². The second-order valence-electron chi connectivity index (χ2n) is 5.27. The predicted octanol–water partition coefficient (Wildman–Crippen LogP) is 2.31. The van der Waals surface area contributed by atoms with Gasteiger partial charge in [0.1, 0.15) is 0 Å². The Balaban J connectivity index is 0.00000176. The molecule has 1 aromatic carbocycles. The van der Waals surface area contributed by atoms with Gasteiger partial charge in [0.25, 0.3) is 5.91 Å². The van der Waals surface area contributed by atoms with Crippen molar-refractivity contribution in [3.8, 4) is 5.69 Å². The number of aromatic nitrogens is 2. The molecule has 2 aromatic rings. The number of amides is 1. The first-order chi connectivity index (χ1) is 10.1. The molecule has 3 rings (SSSR count). The van der Waals surface area contributed by atoms with Gasteiger partial charge in [0, 0.05) is 30.0 Å². The van der Waals surface area contributed by atoms with Gasteiger partial charge in [0.05, 0.1) is 23.1 Å². The third kappa shape index (κ3) is 3.51. The molecule has 0 unspecified atom stereocenters. The van der Waals surface area contributed by atoms with Crippen LogP contribution < -0.4 is 10.6 Å². The zero-order valence-corrected chi connectivity index (χ0v) is 14.6. The number of nitrogens with one attached hydrogen (secondary N) is 2. The van der Waals surface area contributed by atoms with Gasteiger partial charge in [-0.2, -0.15) is 5.10 Å². The van der Waals surface area contributed by atoms with Crippen molar-refractivity contribution in [2.24, 2.45) is 5.92 Å². The summed E-state index contributed by atoms with van der Waals surface area (Å²) in [5.74, 6) is 0.495. The zero-order valence-electron chi connectivity index (χ0n) is 12.2. The summed E-state index contributed by atoms with van der Waals surface area (Å²) in [4.78, 5) is 12.2. The molecular formula is C15H18BrClN4O. The van der Waals surface area contributed by atoms with Crippen LogP contribution in [0.1, 0.15) is 16.1 Å². The van der Waals surface area contributed by atoms with Gasteiger partial charge in [-0.05, 0) is 25.1 Å². The van der Waals surface area contributed by atoms with Crippen LogP contribution in [-0.2, 0) is 0 Å². The van der Waals surface area contributed by atoms with Crippen LogP contribution in [0.2, 0.25) is 0 Å². The Morgan fingerprint density at radius 3 is 2.91 bits per heavy atom. The van der Waals surface area contributed by atoms with Gasteiger partial charge >= 0.3 is 0 Å². The predicted molar refractivity (Wildman–Crippen MR) is 91.9 cm³/mol. The summed E-state index contributed by atoms with van der Waals surface area (Å²) in [7, 11) is 0. The molecule has 2 N–H and O–H groups in total. The Bertz CT molecular complexity index is 669. The number of nitrogens with zero attached hydrogens (tertiary/aromatic N) is 2. The standard InChI is InChI=1S/C15H17BrN4O.ClH/c1-10-14(15(21)18-8-11-6-17-7-11)9-19-20(10)13-4-2-3-12(16)5-13;/h2-5,9,11,17H,6-8H2,1H3,(H,18,21);1H. The molecule has 22 heavy (non-hydrogen) atoms. The topological polar surface area (TPSA) is 59.0 Å². The fourth-order valence-electron chi connectivity index (χ4n) is 2.33. The average Bonchev–Trinajstić information content (AvgIpc) is 2.78. The fraction of sp³-hybridized carbons (Fsp3) is 0.333. The lowest BCUT2D eigenvalue weighted by Crippen LogP contribution is -2.48. The first kappa shape index (κ1) is 17.0. The van der Waals surface area contributed by atoms with Crippen LogP contribution in [0.25, 0.3) is 5.69 Å². The molecule has 7 heteroatoms. The van der Waals surface area contributed by atoms with E-state index in [9.17, 15) is 4.79 Å². The van der Waals surface area contributed by atoms with E-state index in [0.29, 0.717) is 18.0 Å². The van der Waals surface area contributed by atoms with Crippen LogP contribution >= 0.6 is 28.3 Å². The highest BCUT2D eigenvalue weighted by Gasteiger charge is 2.19. The minimum Gasteiger partial charge on any atom is -0.352 e. The van der Waals surface area contributed by atoms with Crippen LogP contribution in [0.15, 0.2) is 34.9 Å². The number of benzene rings is 1. The van der Waals surface area contributed by atoms with Gasteiger partial charge in [-0.3, -0.25) is 4.79 Å². The minimum atomic E-state index is -0.0550. The maximum absolute atomic E-state index is 12.2. The Morgan fingerprint density at radius 2 is 2.27 bits per heavy atom. The molecule has 0 spiro atoms. The Morgan fingerprint density at radius 1 is 1.50 bits per heavy atom. The van der Waals surface area contributed by atoms with E-state index < -0.39 is 0 Å². The van der Waals surface area contributed by atoms with E-state index in [4.69, 9.17) is 0 Å². The number of hydrogen-bond donors (Lipinski definition) is 2. The largest absolute Gasteiger partial charge is 0.352 e. The lowest BCUT2D eigenvalue weighted by Gasteiger charge is -2.27. The molecule has 5 nitrogen and oxygen atoms in total. The molecule has 1 saturated heterocycles. The highest BCUT2D eigenvalue weighted by molar-refractivity contribution is 9.10. The molecule has 0 saturated carbocycles. The molecule has 0 atom stereocenters. The third-order valence-electron chi connectivity index (χ3n) is 3.72. The summed E-state index contributed by atoms with van der Waals surface area (Å²) in [5, 5.41) is 10.5.